The second kappa shape index (κ2) is 7.38. The Morgan fingerprint density at radius 1 is 1.19 bits per heavy atom. The number of hydrogen-bond acceptors (Lipinski definition) is 2. The number of benzene rings is 2. The van der Waals surface area contributed by atoms with Crippen LogP contribution in [-0.2, 0) is 0 Å². The van der Waals surface area contributed by atoms with E-state index >= 15 is 0 Å². The van der Waals surface area contributed by atoms with Crippen molar-refractivity contribution in [1.29, 1.82) is 0 Å². The van der Waals surface area contributed by atoms with Crippen molar-refractivity contribution in [3.8, 4) is 5.75 Å². The molecule has 0 saturated carbocycles. The highest BCUT2D eigenvalue weighted by Gasteiger charge is 2.16. The summed E-state index contributed by atoms with van der Waals surface area (Å²) in [6.07, 6.45) is 0. The van der Waals surface area contributed by atoms with Gasteiger partial charge in [-0.15, -0.1) is 0 Å². The molecule has 0 saturated heterocycles. The molecule has 0 bridgehead atoms. The molecule has 2 aromatic rings. The van der Waals surface area contributed by atoms with Crippen LogP contribution in [0.15, 0.2) is 42.5 Å². The molecule has 5 heteroatoms. The second-order valence-electron chi connectivity index (χ2n) is 4.54. The molecule has 21 heavy (non-hydrogen) atoms. The molecule has 0 aliphatic carbocycles. The molecule has 2 aromatic carbocycles. The lowest BCUT2D eigenvalue weighted by atomic mass is 10.1. The van der Waals surface area contributed by atoms with E-state index in [0.29, 0.717) is 17.3 Å². The molecule has 112 valence electrons. The fraction of sp³-hybridized carbons (Fsp3) is 0.250. The van der Waals surface area contributed by atoms with Gasteiger partial charge in [-0.3, -0.25) is 0 Å². The first-order chi connectivity index (χ1) is 10.1. The monoisotopic (exact) mass is 311 g/mol. The fourth-order valence-corrected chi connectivity index (χ4v) is 2.20. The smallest absolute Gasteiger partial charge is 0.128 e. The van der Waals surface area contributed by atoms with E-state index in [1.165, 1.54) is 6.07 Å². The minimum absolute atomic E-state index is 0.175. The van der Waals surface area contributed by atoms with Gasteiger partial charge in [-0.1, -0.05) is 24.6 Å². The zero-order chi connectivity index (χ0) is 15.2. The van der Waals surface area contributed by atoms with E-state index in [2.05, 4.69) is 5.32 Å². The van der Waals surface area contributed by atoms with Gasteiger partial charge in [-0.05, 0) is 42.9 Å². The normalized spacial score (nSPS) is 12.2. The Hall–Kier alpha value is -1.65. The maximum atomic E-state index is 13.8. The lowest BCUT2D eigenvalue weighted by Gasteiger charge is -2.19. The van der Waals surface area contributed by atoms with Gasteiger partial charge in [-0.2, -0.15) is 0 Å². The first-order valence-electron chi connectivity index (χ1n) is 6.67. The summed E-state index contributed by atoms with van der Waals surface area (Å²) in [5.41, 5.74) is 0.249. The molecule has 0 aliphatic heterocycles. The number of nitrogens with one attached hydrogen (secondary N) is 1. The molecule has 2 rings (SSSR count). The summed E-state index contributed by atoms with van der Waals surface area (Å²) in [5, 5.41) is 3.65. The summed E-state index contributed by atoms with van der Waals surface area (Å²) in [7, 11) is 0. The summed E-state index contributed by atoms with van der Waals surface area (Å²) in [6, 6.07) is 9.90. The van der Waals surface area contributed by atoms with Gasteiger partial charge in [0.2, 0.25) is 0 Å². The highest BCUT2D eigenvalue weighted by Crippen LogP contribution is 2.22. The van der Waals surface area contributed by atoms with E-state index in [4.69, 9.17) is 16.3 Å². The number of rotatable bonds is 6. The Balaban J connectivity index is 2.13. The van der Waals surface area contributed by atoms with Crippen molar-refractivity contribution >= 4 is 11.6 Å². The van der Waals surface area contributed by atoms with Gasteiger partial charge in [0.1, 0.15) is 24.0 Å². The van der Waals surface area contributed by atoms with Crippen LogP contribution in [0.2, 0.25) is 5.02 Å². The topological polar surface area (TPSA) is 21.3 Å². The Morgan fingerprint density at radius 2 is 2.00 bits per heavy atom. The Bertz CT molecular complexity index is 607. The van der Waals surface area contributed by atoms with Gasteiger partial charge in [0.15, 0.2) is 0 Å². The van der Waals surface area contributed by atoms with Crippen LogP contribution in [0.1, 0.15) is 18.5 Å². The molecule has 0 amide bonds. The first kappa shape index (κ1) is 15.7. The quantitative estimate of drug-likeness (QED) is 0.856. The van der Waals surface area contributed by atoms with Crippen molar-refractivity contribution in [2.45, 2.75) is 13.0 Å². The van der Waals surface area contributed by atoms with Crippen molar-refractivity contribution in [3.05, 3.63) is 64.7 Å². The first-order valence-corrected chi connectivity index (χ1v) is 7.04. The minimum atomic E-state index is -0.475. The van der Waals surface area contributed by atoms with Crippen LogP contribution >= 0.6 is 11.6 Å². The van der Waals surface area contributed by atoms with Crippen LogP contribution in [0.25, 0.3) is 0 Å². The van der Waals surface area contributed by atoms with Crippen molar-refractivity contribution in [3.63, 3.8) is 0 Å². The highest BCUT2D eigenvalue weighted by molar-refractivity contribution is 6.30. The van der Waals surface area contributed by atoms with Crippen LogP contribution in [-0.4, -0.2) is 13.2 Å². The fourth-order valence-electron chi connectivity index (χ4n) is 2.02. The lowest BCUT2D eigenvalue weighted by molar-refractivity contribution is 0.264. The van der Waals surface area contributed by atoms with E-state index in [1.54, 1.807) is 24.3 Å². The molecular weight excluding hydrogens is 296 g/mol. The van der Waals surface area contributed by atoms with Crippen molar-refractivity contribution in [2.75, 3.05) is 13.2 Å². The van der Waals surface area contributed by atoms with Crippen molar-refractivity contribution in [2.24, 2.45) is 0 Å². The number of halogens is 3. The largest absolute Gasteiger partial charge is 0.492 e. The SMILES string of the molecule is CCNC(COc1cccc(Cl)c1)c1cc(F)ccc1F. The Labute approximate surface area is 127 Å². The van der Waals surface area contributed by atoms with E-state index in [0.717, 1.165) is 12.1 Å². The predicted molar refractivity (Wildman–Crippen MR) is 79.7 cm³/mol. The second-order valence-corrected chi connectivity index (χ2v) is 4.98. The molecule has 0 heterocycles. The molecule has 0 radical (unpaired) electrons. The minimum Gasteiger partial charge on any atom is -0.492 e. The molecule has 2 nitrogen and oxygen atoms in total. The van der Waals surface area contributed by atoms with E-state index < -0.39 is 17.7 Å². The third-order valence-electron chi connectivity index (χ3n) is 3.00. The molecule has 0 aliphatic rings. The van der Waals surface area contributed by atoms with Crippen LogP contribution in [0.5, 0.6) is 5.75 Å². The summed E-state index contributed by atoms with van der Waals surface area (Å²) in [5.74, 6) is -0.351. The summed E-state index contributed by atoms with van der Waals surface area (Å²) in [4.78, 5) is 0. The van der Waals surface area contributed by atoms with Gasteiger partial charge in [0.05, 0.1) is 6.04 Å². The van der Waals surface area contributed by atoms with Gasteiger partial charge in [0, 0.05) is 10.6 Å². The van der Waals surface area contributed by atoms with E-state index in [1.807, 2.05) is 6.92 Å². The third-order valence-corrected chi connectivity index (χ3v) is 3.23. The van der Waals surface area contributed by atoms with Gasteiger partial charge in [-0.25, -0.2) is 8.78 Å². The number of hydrogen-bond donors (Lipinski definition) is 1. The zero-order valence-corrected chi connectivity index (χ0v) is 12.3. The van der Waals surface area contributed by atoms with Crippen LogP contribution in [0.4, 0.5) is 8.78 Å². The van der Waals surface area contributed by atoms with Crippen LogP contribution in [0.3, 0.4) is 0 Å². The van der Waals surface area contributed by atoms with E-state index in [9.17, 15) is 8.78 Å². The zero-order valence-electron chi connectivity index (χ0n) is 11.6. The van der Waals surface area contributed by atoms with Crippen molar-refractivity contribution < 1.29 is 13.5 Å². The highest BCUT2D eigenvalue weighted by atomic mass is 35.5. The van der Waals surface area contributed by atoms with Crippen LogP contribution < -0.4 is 10.1 Å². The van der Waals surface area contributed by atoms with E-state index in [-0.39, 0.29) is 12.2 Å². The average molecular weight is 312 g/mol. The Morgan fingerprint density at radius 3 is 2.71 bits per heavy atom. The maximum Gasteiger partial charge on any atom is 0.128 e. The third kappa shape index (κ3) is 4.41. The van der Waals surface area contributed by atoms with Gasteiger partial charge < -0.3 is 10.1 Å². The lowest BCUT2D eigenvalue weighted by Crippen LogP contribution is -2.27. The maximum absolute atomic E-state index is 13.8. The predicted octanol–water partition coefficient (Wildman–Crippen LogP) is 4.35. The average Bonchev–Trinajstić information content (AvgIpc) is 2.46. The van der Waals surface area contributed by atoms with Crippen molar-refractivity contribution in [1.82, 2.24) is 5.32 Å². The molecule has 1 atom stereocenters. The standard InChI is InChI=1S/C16H16ClF2NO/c1-2-20-16(14-9-12(18)6-7-15(14)19)10-21-13-5-3-4-11(17)8-13/h3-9,16,20H,2,10H2,1H3. The number of likely N-dealkylation sites (N-methyl/N-ethyl adjacent to an activating group) is 1. The van der Waals surface area contributed by atoms with Crippen LogP contribution in [0, 0.1) is 11.6 Å². The van der Waals surface area contributed by atoms with Gasteiger partial charge in [0.25, 0.3) is 0 Å². The molecule has 1 N–H and O–H groups in total. The molecule has 1 unspecified atom stereocenters. The summed E-state index contributed by atoms with van der Waals surface area (Å²) < 4.78 is 32.8. The number of ether oxygens (including phenoxy) is 1. The van der Waals surface area contributed by atoms with Gasteiger partial charge >= 0.3 is 0 Å². The summed E-state index contributed by atoms with van der Waals surface area (Å²) >= 11 is 5.88. The Kier molecular flexibility index (Phi) is 5.53. The molecular formula is C16H16ClF2NO. The molecule has 0 aromatic heterocycles. The summed E-state index contributed by atoms with van der Waals surface area (Å²) in [6.45, 7) is 2.68. The molecule has 0 fully saturated rings. The molecule has 0 spiro atoms.